The van der Waals surface area contributed by atoms with E-state index in [0.29, 0.717) is 5.56 Å². The van der Waals surface area contributed by atoms with Gasteiger partial charge in [-0.2, -0.15) is 5.06 Å². The normalized spacial score (nSPS) is 15.7. The minimum absolute atomic E-state index is 0.120. The molecule has 0 unspecified atom stereocenters. The van der Waals surface area contributed by atoms with Gasteiger partial charge in [0.25, 0.3) is 5.91 Å². The van der Waals surface area contributed by atoms with E-state index in [1.807, 2.05) is 43.3 Å². The molecule has 3 nitrogen and oxygen atoms in total. The van der Waals surface area contributed by atoms with Crippen LogP contribution in [-0.2, 0) is 4.84 Å². The third-order valence-electron chi connectivity index (χ3n) is 3.65. The van der Waals surface area contributed by atoms with Gasteiger partial charge in [-0.25, -0.2) is 0 Å². The molecule has 3 heteroatoms. The molecule has 2 aromatic rings. The summed E-state index contributed by atoms with van der Waals surface area (Å²) < 4.78 is 0. The lowest BCUT2D eigenvalue weighted by Gasteiger charge is -2.14. The fourth-order valence-electron chi connectivity index (χ4n) is 2.52. The summed E-state index contributed by atoms with van der Waals surface area (Å²) in [4.78, 5) is 17.6. The highest BCUT2D eigenvalue weighted by Gasteiger charge is 2.32. The molecule has 21 heavy (non-hydrogen) atoms. The number of amides is 1. The van der Waals surface area contributed by atoms with Gasteiger partial charge in [0.2, 0.25) is 0 Å². The summed E-state index contributed by atoms with van der Waals surface area (Å²) in [6, 6.07) is 14.0. The van der Waals surface area contributed by atoms with Crippen molar-refractivity contribution in [2.45, 2.75) is 13.8 Å². The third-order valence-corrected chi connectivity index (χ3v) is 3.65. The minimum Gasteiger partial charge on any atom is -0.269 e. The Morgan fingerprint density at radius 2 is 1.62 bits per heavy atom. The van der Waals surface area contributed by atoms with Gasteiger partial charge in [-0.05, 0) is 37.6 Å². The minimum atomic E-state index is -0.120. The molecule has 2 aromatic carbocycles. The zero-order valence-corrected chi connectivity index (χ0v) is 12.4. The maximum atomic E-state index is 12.4. The van der Waals surface area contributed by atoms with Crippen LogP contribution in [-0.4, -0.2) is 18.1 Å². The fourth-order valence-corrected chi connectivity index (χ4v) is 2.52. The number of hydrogen-bond donors (Lipinski definition) is 0. The van der Waals surface area contributed by atoms with Gasteiger partial charge in [-0.1, -0.05) is 41.5 Å². The quantitative estimate of drug-likeness (QED) is 0.836. The first-order valence-electron chi connectivity index (χ1n) is 6.88. The third kappa shape index (κ3) is 2.36. The van der Waals surface area contributed by atoms with Crippen LogP contribution in [0.25, 0.3) is 11.8 Å². The molecule has 0 saturated heterocycles. The Labute approximate surface area is 124 Å². The monoisotopic (exact) mass is 279 g/mol. The Balaban J connectivity index is 2.14. The lowest BCUT2D eigenvalue weighted by Crippen LogP contribution is -2.21. The maximum absolute atomic E-state index is 12.4. The number of nitrogens with zero attached hydrogens (tertiary/aromatic N) is 1. The summed E-state index contributed by atoms with van der Waals surface area (Å²) in [6.07, 6.45) is 1.98. The van der Waals surface area contributed by atoms with Crippen molar-refractivity contribution in [2.24, 2.45) is 0 Å². The molecular formula is C18H17NO2. The van der Waals surface area contributed by atoms with Gasteiger partial charge in [0.1, 0.15) is 0 Å². The molecule has 0 aliphatic carbocycles. The van der Waals surface area contributed by atoms with Crippen LogP contribution in [0.3, 0.4) is 0 Å². The molecule has 1 heterocycles. The molecular weight excluding hydrogens is 262 g/mol. The van der Waals surface area contributed by atoms with Gasteiger partial charge in [0.15, 0.2) is 0 Å². The van der Waals surface area contributed by atoms with E-state index < -0.39 is 0 Å². The molecule has 0 atom stereocenters. The van der Waals surface area contributed by atoms with Crippen LogP contribution in [0.1, 0.15) is 32.6 Å². The Morgan fingerprint density at radius 1 is 0.952 bits per heavy atom. The van der Waals surface area contributed by atoms with E-state index in [1.54, 1.807) is 0 Å². The maximum Gasteiger partial charge on any atom is 0.282 e. The van der Waals surface area contributed by atoms with E-state index in [9.17, 15) is 4.79 Å². The number of rotatable bonds is 2. The first-order valence-corrected chi connectivity index (χ1v) is 6.88. The van der Waals surface area contributed by atoms with E-state index in [2.05, 4.69) is 19.1 Å². The Kier molecular flexibility index (Phi) is 3.35. The van der Waals surface area contributed by atoms with Crippen molar-refractivity contribution in [1.82, 2.24) is 5.06 Å². The van der Waals surface area contributed by atoms with Crippen molar-refractivity contribution in [2.75, 3.05) is 7.11 Å². The number of hydroxylamine groups is 2. The number of hydrogen-bond acceptors (Lipinski definition) is 2. The lowest BCUT2D eigenvalue weighted by molar-refractivity contribution is -0.0451. The van der Waals surface area contributed by atoms with E-state index >= 15 is 0 Å². The van der Waals surface area contributed by atoms with Gasteiger partial charge in [-0.15, -0.1) is 0 Å². The average Bonchev–Trinajstić information content (AvgIpc) is 2.73. The van der Waals surface area contributed by atoms with Gasteiger partial charge >= 0.3 is 0 Å². The van der Waals surface area contributed by atoms with Crippen LogP contribution in [0.15, 0.2) is 42.5 Å². The van der Waals surface area contributed by atoms with E-state index in [4.69, 9.17) is 4.84 Å². The van der Waals surface area contributed by atoms with E-state index in [-0.39, 0.29) is 5.91 Å². The van der Waals surface area contributed by atoms with Gasteiger partial charge < -0.3 is 0 Å². The number of aryl methyl sites for hydroxylation is 2. The second-order valence-electron chi connectivity index (χ2n) is 5.27. The highest BCUT2D eigenvalue weighted by molar-refractivity contribution is 6.11. The van der Waals surface area contributed by atoms with Crippen LogP contribution in [0.4, 0.5) is 0 Å². The van der Waals surface area contributed by atoms with Crippen LogP contribution in [0, 0.1) is 13.8 Å². The van der Waals surface area contributed by atoms with Crippen LogP contribution >= 0.6 is 0 Å². The van der Waals surface area contributed by atoms with Gasteiger partial charge in [0.05, 0.1) is 18.4 Å². The molecule has 0 radical (unpaired) electrons. The molecule has 0 aromatic heterocycles. The van der Waals surface area contributed by atoms with Crippen molar-refractivity contribution >= 4 is 17.7 Å². The van der Waals surface area contributed by atoms with Crippen molar-refractivity contribution < 1.29 is 9.63 Å². The predicted molar refractivity (Wildman–Crippen MR) is 83.4 cm³/mol. The summed E-state index contributed by atoms with van der Waals surface area (Å²) in [5.74, 6) is -0.120. The Morgan fingerprint density at radius 3 is 2.29 bits per heavy atom. The number of fused-ring (bicyclic) bond motifs is 1. The molecule has 1 aliphatic heterocycles. The Bertz CT molecular complexity index is 729. The average molecular weight is 279 g/mol. The second-order valence-corrected chi connectivity index (χ2v) is 5.27. The number of benzene rings is 2. The largest absolute Gasteiger partial charge is 0.282 e. The highest BCUT2D eigenvalue weighted by Crippen LogP contribution is 2.34. The van der Waals surface area contributed by atoms with E-state index in [1.165, 1.54) is 17.7 Å². The molecule has 0 spiro atoms. The highest BCUT2D eigenvalue weighted by atomic mass is 16.7. The summed E-state index contributed by atoms with van der Waals surface area (Å²) in [5.41, 5.74) is 5.75. The first kappa shape index (κ1) is 13.6. The summed E-state index contributed by atoms with van der Waals surface area (Å²) >= 11 is 0. The van der Waals surface area contributed by atoms with Crippen LogP contribution in [0.5, 0.6) is 0 Å². The summed E-state index contributed by atoms with van der Waals surface area (Å²) in [5, 5.41) is 1.35. The summed E-state index contributed by atoms with van der Waals surface area (Å²) in [7, 11) is 1.51. The zero-order valence-electron chi connectivity index (χ0n) is 12.4. The smallest absolute Gasteiger partial charge is 0.269 e. The summed E-state index contributed by atoms with van der Waals surface area (Å²) in [6.45, 7) is 4.07. The molecule has 1 amide bonds. The molecule has 0 bridgehead atoms. The Hall–Kier alpha value is -2.39. The number of carbonyl (C=O) groups excluding carboxylic acids is 1. The van der Waals surface area contributed by atoms with Crippen molar-refractivity contribution in [1.29, 1.82) is 0 Å². The SMILES string of the molecule is CON1C(=O)c2ccc(C)cc2/C1=C\c1ccc(C)cc1. The molecule has 0 saturated carbocycles. The molecule has 1 aliphatic rings. The molecule has 0 fully saturated rings. The van der Waals surface area contributed by atoms with Crippen molar-refractivity contribution in [3.63, 3.8) is 0 Å². The standard InChI is InChI=1S/C18H17NO2/c1-12-4-7-14(8-5-12)11-17-16-10-13(2)6-9-15(16)18(20)19(17)21-3/h4-11H,1-3H3/b17-11+. The molecule has 106 valence electrons. The number of carbonyl (C=O) groups is 1. The van der Waals surface area contributed by atoms with Crippen LogP contribution in [0.2, 0.25) is 0 Å². The molecule has 0 N–H and O–H groups in total. The van der Waals surface area contributed by atoms with Gasteiger partial charge in [0, 0.05) is 5.56 Å². The predicted octanol–water partition coefficient (Wildman–Crippen LogP) is 3.82. The zero-order chi connectivity index (χ0) is 15.0. The topological polar surface area (TPSA) is 29.5 Å². The van der Waals surface area contributed by atoms with Gasteiger partial charge in [-0.3, -0.25) is 9.63 Å². The first-order chi connectivity index (χ1) is 10.1. The fraction of sp³-hybridized carbons (Fsp3) is 0.167. The lowest BCUT2D eigenvalue weighted by atomic mass is 10.0. The van der Waals surface area contributed by atoms with Crippen LogP contribution < -0.4 is 0 Å². The van der Waals surface area contributed by atoms with E-state index in [0.717, 1.165) is 22.4 Å². The molecule has 3 rings (SSSR count). The second kappa shape index (κ2) is 5.19. The van der Waals surface area contributed by atoms with Crippen molar-refractivity contribution in [3.05, 3.63) is 70.3 Å². The van der Waals surface area contributed by atoms with Crippen molar-refractivity contribution in [3.8, 4) is 0 Å².